The Balaban J connectivity index is 2.00. The molecule has 2 heterocycles. The molecule has 1 atom stereocenters. The van der Waals surface area contributed by atoms with Crippen LogP contribution in [0.3, 0.4) is 0 Å². The van der Waals surface area contributed by atoms with Gasteiger partial charge in [0.1, 0.15) is 10.0 Å². The maximum Gasteiger partial charge on any atom is 0.138 e. The topological polar surface area (TPSA) is 55.0 Å². The molecule has 1 fully saturated rings. The standard InChI is InChI=1S/C9H15ClN4S/c10-9-8(12-13-15-9)6-14-4-2-1-3-7(14)5-11/h7H,1-6,11H2. The second kappa shape index (κ2) is 5.21. The summed E-state index contributed by atoms with van der Waals surface area (Å²) in [4.78, 5) is 2.37. The zero-order chi connectivity index (χ0) is 10.7. The average Bonchev–Trinajstić information content (AvgIpc) is 2.65. The Morgan fingerprint density at radius 3 is 3.07 bits per heavy atom. The van der Waals surface area contributed by atoms with E-state index in [1.54, 1.807) is 0 Å². The lowest BCUT2D eigenvalue weighted by molar-refractivity contribution is 0.143. The highest BCUT2D eigenvalue weighted by atomic mass is 35.5. The highest BCUT2D eigenvalue weighted by Crippen LogP contribution is 2.23. The zero-order valence-electron chi connectivity index (χ0n) is 8.53. The molecule has 1 aromatic heterocycles. The fraction of sp³-hybridized carbons (Fsp3) is 0.778. The molecule has 1 saturated heterocycles. The molecule has 0 amide bonds. The monoisotopic (exact) mass is 246 g/mol. The first-order valence-electron chi connectivity index (χ1n) is 5.22. The fourth-order valence-corrected chi connectivity index (χ4v) is 2.63. The van der Waals surface area contributed by atoms with Crippen LogP contribution in [0.1, 0.15) is 25.0 Å². The van der Waals surface area contributed by atoms with Crippen LogP contribution in [-0.2, 0) is 6.54 Å². The van der Waals surface area contributed by atoms with E-state index in [1.165, 1.54) is 30.8 Å². The highest BCUT2D eigenvalue weighted by molar-refractivity contribution is 7.10. The summed E-state index contributed by atoms with van der Waals surface area (Å²) in [5.74, 6) is 0. The van der Waals surface area contributed by atoms with Crippen LogP contribution in [0.5, 0.6) is 0 Å². The molecule has 1 aliphatic heterocycles. The van der Waals surface area contributed by atoms with Crippen LogP contribution in [-0.4, -0.2) is 33.6 Å². The van der Waals surface area contributed by atoms with Gasteiger partial charge in [0.15, 0.2) is 0 Å². The molecule has 84 valence electrons. The van der Waals surface area contributed by atoms with E-state index in [0.717, 1.165) is 25.3 Å². The van der Waals surface area contributed by atoms with Gasteiger partial charge < -0.3 is 5.73 Å². The van der Waals surface area contributed by atoms with Crippen molar-refractivity contribution in [2.75, 3.05) is 13.1 Å². The number of hydrogen-bond donors (Lipinski definition) is 1. The van der Waals surface area contributed by atoms with E-state index in [9.17, 15) is 0 Å². The van der Waals surface area contributed by atoms with Crippen molar-refractivity contribution in [1.29, 1.82) is 0 Å². The normalized spacial score (nSPS) is 23.2. The largest absolute Gasteiger partial charge is 0.329 e. The number of likely N-dealkylation sites (tertiary alicyclic amines) is 1. The van der Waals surface area contributed by atoms with Gasteiger partial charge in [-0.05, 0) is 19.4 Å². The van der Waals surface area contributed by atoms with Gasteiger partial charge in [0.2, 0.25) is 0 Å². The Bertz CT molecular complexity index is 317. The van der Waals surface area contributed by atoms with Gasteiger partial charge in [0.05, 0.1) is 0 Å². The lowest BCUT2D eigenvalue weighted by Gasteiger charge is -2.34. The molecule has 0 bridgehead atoms. The van der Waals surface area contributed by atoms with Gasteiger partial charge in [-0.2, -0.15) is 0 Å². The number of nitrogens with zero attached hydrogens (tertiary/aromatic N) is 3. The first kappa shape index (κ1) is 11.3. The van der Waals surface area contributed by atoms with Crippen molar-refractivity contribution >= 4 is 23.1 Å². The van der Waals surface area contributed by atoms with Crippen molar-refractivity contribution in [1.82, 2.24) is 14.5 Å². The number of halogens is 1. The maximum absolute atomic E-state index is 5.99. The molecule has 15 heavy (non-hydrogen) atoms. The summed E-state index contributed by atoms with van der Waals surface area (Å²) >= 11 is 7.23. The summed E-state index contributed by atoms with van der Waals surface area (Å²) in [5, 5.41) is 4.03. The van der Waals surface area contributed by atoms with Crippen molar-refractivity contribution in [3.63, 3.8) is 0 Å². The van der Waals surface area contributed by atoms with Crippen LogP contribution < -0.4 is 5.73 Å². The van der Waals surface area contributed by atoms with Gasteiger partial charge in [-0.1, -0.05) is 22.5 Å². The highest BCUT2D eigenvalue weighted by Gasteiger charge is 2.22. The quantitative estimate of drug-likeness (QED) is 0.879. The number of piperidine rings is 1. The first-order valence-corrected chi connectivity index (χ1v) is 6.37. The van der Waals surface area contributed by atoms with E-state index in [4.69, 9.17) is 17.3 Å². The van der Waals surface area contributed by atoms with Crippen LogP contribution in [0.4, 0.5) is 0 Å². The van der Waals surface area contributed by atoms with Gasteiger partial charge >= 0.3 is 0 Å². The summed E-state index contributed by atoms with van der Waals surface area (Å²) in [6.45, 7) is 2.60. The second-order valence-corrected chi connectivity index (χ2v) is 5.21. The molecule has 6 heteroatoms. The molecule has 0 radical (unpaired) electrons. The van der Waals surface area contributed by atoms with Crippen molar-refractivity contribution in [2.45, 2.75) is 31.8 Å². The molecule has 1 aromatic rings. The smallest absolute Gasteiger partial charge is 0.138 e. The molecule has 1 aliphatic rings. The van der Waals surface area contributed by atoms with Gasteiger partial charge in [-0.15, -0.1) is 5.10 Å². The van der Waals surface area contributed by atoms with E-state index in [0.29, 0.717) is 10.4 Å². The Hall–Kier alpha value is -0.230. The van der Waals surface area contributed by atoms with Gasteiger partial charge in [0, 0.05) is 30.7 Å². The molecule has 0 saturated carbocycles. The van der Waals surface area contributed by atoms with Crippen LogP contribution in [0, 0.1) is 0 Å². The molecule has 0 aromatic carbocycles. The zero-order valence-corrected chi connectivity index (χ0v) is 10.1. The SMILES string of the molecule is NCC1CCCCN1Cc1nnsc1Cl. The van der Waals surface area contributed by atoms with Crippen LogP contribution >= 0.6 is 23.1 Å². The fourth-order valence-electron chi connectivity index (χ4n) is 2.02. The van der Waals surface area contributed by atoms with Gasteiger partial charge in [-0.25, -0.2) is 0 Å². The minimum atomic E-state index is 0.483. The molecule has 2 N–H and O–H groups in total. The molecule has 2 rings (SSSR count). The van der Waals surface area contributed by atoms with Crippen molar-refractivity contribution in [3.8, 4) is 0 Å². The summed E-state index contributed by atoms with van der Waals surface area (Å²) in [5.41, 5.74) is 6.64. The Morgan fingerprint density at radius 2 is 2.40 bits per heavy atom. The first-order chi connectivity index (χ1) is 7.31. The predicted octanol–water partition coefficient (Wildman–Crippen LogP) is 1.50. The third-order valence-corrected chi connectivity index (χ3v) is 3.87. The minimum Gasteiger partial charge on any atom is -0.329 e. The van der Waals surface area contributed by atoms with E-state index < -0.39 is 0 Å². The molecular weight excluding hydrogens is 232 g/mol. The lowest BCUT2D eigenvalue weighted by Crippen LogP contribution is -2.43. The number of hydrogen-bond acceptors (Lipinski definition) is 5. The number of aromatic nitrogens is 2. The van der Waals surface area contributed by atoms with E-state index >= 15 is 0 Å². The van der Waals surface area contributed by atoms with Crippen molar-refractivity contribution < 1.29 is 0 Å². The summed E-state index contributed by atoms with van der Waals surface area (Å²) < 4.78 is 4.54. The summed E-state index contributed by atoms with van der Waals surface area (Å²) in [7, 11) is 0. The van der Waals surface area contributed by atoms with E-state index in [-0.39, 0.29) is 0 Å². The number of nitrogens with two attached hydrogens (primary N) is 1. The van der Waals surface area contributed by atoms with Gasteiger partial charge in [0.25, 0.3) is 0 Å². The third-order valence-electron chi connectivity index (χ3n) is 2.88. The summed E-state index contributed by atoms with van der Waals surface area (Å²) in [6.07, 6.45) is 3.71. The second-order valence-electron chi connectivity index (χ2n) is 3.85. The predicted molar refractivity (Wildman–Crippen MR) is 62.0 cm³/mol. The Morgan fingerprint density at radius 1 is 1.53 bits per heavy atom. The number of rotatable bonds is 3. The third kappa shape index (κ3) is 2.66. The van der Waals surface area contributed by atoms with E-state index in [1.807, 2.05) is 0 Å². The maximum atomic E-state index is 5.99. The van der Waals surface area contributed by atoms with Crippen LogP contribution in [0.2, 0.25) is 4.34 Å². The summed E-state index contributed by atoms with van der Waals surface area (Å²) in [6, 6.07) is 0.483. The van der Waals surface area contributed by atoms with Crippen molar-refractivity contribution in [2.24, 2.45) is 5.73 Å². The molecule has 0 aliphatic carbocycles. The Labute approximate surface area is 98.6 Å². The molecule has 4 nitrogen and oxygen atoms in total. The van der Waals surface area contributed by atoms with Gasteiger partial charge in [-0.3, -0.25) is 4.90 Å². The van der Waals surface area contributed by atoms with E-state index in [2.05, 4.69) is 14.5 Å². The minimum absolute atomic E-state index is 0.483. The lowest BCUT2D eigenvalue weighted by atomic mass is 10.0. The molecule has 0 spiro atoms. The van der Waals surface area contributed by atoms with Crippen molar-refractivity contribution in [3.05, 3.63) is 10.0 Å². The van der Waals surface area contributed by atoms with Crippen LogP contribution in [0.25, 0.3) is 0 Å². The average molecular weight is 247 g/mol. The molecule has 1 unspecified atom stereocenters. The molecular formula is C9H15ClN4S. The Kier molecular flexibility index (Phi) is 3.91. The van der Waals surface area contributed by atoms with Crippen LogP contribution in [0.15, 0.2) is 0 Å².